The molecule has 10 aliphatic rings. The van der Waals surface area contributed by atoms with Crippen LogP contribution in [-0.2, 0) is 95.7 Å². The lowest BCUT2D eigenvalue weighted by atomic mass is 9.58. The Kier molecular flexibility index (Phi) is 14.2. The summed E-state index contributed by atoms with van der Waals surface area (Å²) < 4.78 is 56.5. The number of ether oxygens (including phenoxy) is 10. The highest BCUT2D eigenvalue weighted by molar-refractivity contribution is 5.91. The van der Waals surface area contributed by atoms with Crippen molar-refractivity contribution < 1.29 is 95.7 Å². The van der Waals surface area contributed by atoms with E-state index in [1.54, 1.807) is 0 Å². The third-order valence-corrected chi connectivity index (χ3v) is 15.3. The highest BCUT2D eigenvalue weighted by Crippen LogP contribution is 2.62. The molecule has 8 saturated heterocycles. The minimum Gasteiger partial charge on any atom is -0.462 e. The van der Waals surface area contributed by atoms with E-state index in [-0.39, 0.29) is 87.6 Å². The molecule has 65 heavy (non-hydrogen) atoms. The highest BCUT2D eigenvalue weighted by atomic mass is 17.3. The van der Waals surface area contributed by atoms with E-state index in [1.807, 2.05) is 27.7 Å². The molecule has 10 rings (SSSR count). The second-order valence-corrected chi connectivity index (χ2v) is 19.6. The van der Waals surface area contributed by atoms with E-state index in [4.69, 9.17) is 66.9 Å². The van der Waals surface area contributed by atoms with Crippen molar-refractivity contribution in [1.29, 1.82) is 0 Å². The van der Waals surface area contributed by atoms with Crippen LogP contribution in [0.3, 0.4) is 0 Å². The number of hydrogen-bond acceptors (Lipinski definition) is 20. The summed E-state index contributed by atoms with van der Waals surface area (Å²) >= 11 is 0. The van der Waals surface area contributed by atoms with E-state index >= 15 is 0 Å². The van der Waals surface area contributed by atoms with Gasteiger partial charge in [-0.2, -0.15) is 0 Å². The van der Waals surface area contributed by atoms with Gasteiger partial charge in [-0.05, 0) is 76.0 Å². The molecule has 20 nitrogen and oxygen atoms in total. The van der Waals surface area contributed by atoms with Crippen LogP contribution >= 0.6 is 0 Å². The van der Waals surface area contributed by atoms with Crippen LogP contribution in [0, 0.1) is 47.3 Å². The van der Waals surface area contributed by atoms with Gasteiger partial charge in [0, 0.05) is 36.5 Å². The second kappa shape index (κ2) is 19.2. The number of hydrogen-bond donors (Lipinski definition) is 0. The molecule has 0 radical (unpaired) electrons. The maximum Gasteiger partial charge on any atom is 0.317 e. The smallest absolute Gasteiger partial charge is 0.317 e. The quantitative estimate of drug-likeness (QED) is 0.0676. The van der Waals surface area contributed by atoms with Gasteiger partial charge in [-0.3, -0.25) is 28.8 Å². The lowest BCUT2D eigenvalue weighted by molar-refractivity contribution is -0.576. The van der Waals surface area contributed by atoms with Crippen LogP contribution in [0.5, 0.6) is 0 Å². The highest BCUT2D eigenvalue weighted by Gasteiger charge is 2.71. The summed E-state index contributed by atoms with van der Waals surface area (Å²) in [5, 5.41) is 0. The number of esters is 6. The van der Waals surface area contributed by atoms with Crippen LogP contribution in [0.1, 0.15) is 125 Å². The molecule has 16 atom stereocenters. The van der Waals surface area contributed by atoms with Crippen molar-refractivity contribution in [3.8, 4) is 0 Å². The number of carbonyl (C=O) groups excluding carboxylic acids is 6. The average Bonchev–Trinajstić information content (AvgIpc) is 3.64. The zero-order valence-electron chi connectivity index (χ0n) is 38.1. The van der Waals surface area contributed by atoms with E-state index in [2.05, 4.69) is 13.8 Å². The molecule has 0 aromatic rings. The van der Waals surface area contributed by atoms with Crippen molar-refractivity contribution in [1.82, 2.24) is 0 Å². The van der Waals surface area contributed by atoms with E-state index in [0.29, 0.717) is 24.7 Å². The first kappa shape index (κ1) is 48.0. The third kappa shape index (κ3) is 9.65. The summed E-state index contributed by atoms with van der Waals surface area (Å²) in [5.41, 5.74) is -1.59. The van der Waals surface area contributed by atoms with E-state index < -0.39 is 90.2 Å². The Morgan fingerprint density at radius 2 is 0.831 bits per heavy atom. The zero-order chi connectivity index (χ0) is 46.3. The zero-order valence-corrected chi connectivity index (χ0v) is 38.1. The van der Waals surface area contributed by atoms with Crippen molar-refractivity contribution in [2.24, 2.45) is 47.3 Å². The van der Waals surface area contributed by atoms with Crippen LogP contribution in [0.25, 0.3) is 0 Å². The van der Waals surface area contributed by atoms with Gasteiger partial charge < -0.3 is 47.4 Å². The fourth-order valence-electron chi connectivity index (χ4n) is 11.8. The van der Waals surface area contributed by atoms with Crippen molar-refractivity contribution in [2.45, 2.75) is 173 Å². The average molecular weight is 925 g/mol. The molecule has 2 aliphatic carbocycles. The molecule has 2 spiro atoms. The minimum absolute atomic E-state index is 0.0336. The summed E-state index contributed by atoms with van der Waals surface area (Å²) in [6, 6.07) is 0. The van der Waals surface area contributed by atoms with Crippen LogP contribution < -0.4 is 0 Å². The molecule has 8 heterocycles. The molecular weight excluding hydrogens is 860 g/mol. The van der Waals surface area contributed by atoms with Gasteiger partial charge in [0.05, 0.1) is 25.7 Å². The van der Waals surface area contributed by atoms with Gasteiger partial charge in [0.15, 0.2) is 23.8 Å². The van der Waals surface area contributed by atoms with Gasteiger partial charge >= 0.3 is 35.8 Å². The lowest BCUT2D eigenvalue weighted by Crippen LogP contribution is -2.70. The van der Waals surface area contributed by atoms with Crippen LogP contribution in [0.4, 0.5) is 0 Å². The summed E-state index contributed by atoms with van der Waals surface area (Å²) in [6.07, 6.45) is 1.49. The molecule has 0 aromatic carbocycles. The molecule has 8 aliphatic heterocycles. The third-order valence-electron chi connectivity index (χ3n) is 15.3. The fourth-order valence-corrected chi connectivity index (χ4v) is 11.8. The van der Waals surface area contributed by atoms with Crippen LogP contribution in [0.15, 0.2) is 0 Å². The van der Waals surface area contributed by atoms with Crippen molar-refractivity contribution >= 4 is 35.8 Å². The predicted octanol–water partition coefficient (Wildman–Crippen LogP) is 4.61. The second-order valence-electron chi connectivity index (χ2n) is 19.6. The monoisotopic (exact) mass is 924 g/mol. The maximum atomic E-state index is 12.8. The van der Waals surface area contributed by atoms with Gasteiger partial charge in [-0.1, -0.05) is 27.7 Å². The van der Waals surface area contributed by atoms with Gasteiger partial charge in [0.2, 0.25) is 24.2 Å². The maximum absolute atomic E-state index is 12.8. The fraction of sp³-hybridized carbons (Fsp3) is 0.867. The Bertz CT molecular complexity index is 1680. The Balaban J connectivity index is 0.660. The van der Waals surface area contributed by atoms with Gasteiger partial charge in [0.25, 0.3) is 0 Å². The molecule has 364 valence electrons. The molecular formula is C45H64O20. The van der Waals surface area contributed by atoms with Crippen LogP contribution in [-0.4, -0.2) is 110 Å². The molecule has 20 heteroatoms. The topological polar surface area (TPSA) is 232 Å². The SMILES string of the molecule is C[C@H]1[C@H](OC(=O)CCC(=O)OCCOC(=O)CC(=O)OCCOC(=O)CCC(=O)O[C@@H]2O[C@@H]3O[C@@]4(C)CC[C@H]5[C@H](C)CC[C@@H]([C@H]2C)[C@@]35OO4)O[C@@H]2O[C@@]3(C)CC[C@H]4[C@H](C)CC[C@@H]1[C@@]24OO3. The Morgan fingerprint density at radius 3 is 1.23 bits per heavy atom. The molecule has 4 bridgehead atoms. The first-order chi connectivity index (χ1) is 30.9. The first-order valence-corrected chi connectivity index (χ1v) is 23.4. The number of carbonyl (C=O) groups is 6. The van der Waals surface area contributed by atoms with Gasteiger partial charge in [-0.25, -0.2) is 19.6 Å². The standard InChI is InChI=1S/C45H64O20/c1-24-7-9-30-26(3)38(58-40-44(30)28(24)15-17-42(5,60-40)62-64-44)56-34(48)13-11-32(46)52-19-21-54-36(50)23-37(51)55-22-20-53-33(47)12-14-35(49)57-39-27(4)31-10-8-25(2)29-16-18-43(6)61-41(59-39)45(29,31)65-63-43/h24-31,38-41H,7-23H2,1-6H3/t24-,25-,26-,27-,28+,29+,30+,31+,38-,39-,40-,41-,42-,43-,44-,45-/m1/s1. The van der Waals surface area contributed by atoms with Crippen molar-refractivity contribution in [3.63, 3.8) is 0 Å². The van der Waals surface area contributed by atoms with E-state index in [9.17, 15) is 28.8 Å². The normalized spacial score (nSPS) is 42.2. The lowest BCUT2D eigenvalue weighted by Gasteiger charge is -2.59. The Labute approximate surface area is 377 Å². The Hall–Kier alpha value is -3.50. The summed E-state index contributed by atoms with van der Waals surface area (Å²) in [5.74, 6) is -5.94. The molecule has 0 amide bonds. The summed E-state index contributed by atoms with van der Waals surface area (Å²) in [7, 11) is 0. The molecule has 0 N–H and O–H groups in total. The molecule has 0 unspecified atom stereocenters. The van der Waals surface area contributed by atoms with Gasteiger partial charge in [-0.15, -0.1) is 0 Å². The summed E-state index contributed by atoms with van der Waals surface area (Å²) in [4.78, 5) is 98.4. The van der Waals surface area contributed by atoms with Crippen LogP contribution in [0.2, 0.25) is 0 Å². The summed E-state index contributed by atoms with van der Waals surface area (Å²) in [6.45, 7) is 10.6. The van der Waals surface area contributed by atoms with Crippen molar-refractivity contribution in [2.75, 3.05) is 26.4 Å². The Morgan fingerprint density at radius 1 is 0.462 bits per heavy atom. The number of fused-ring (bicyclic) bond motifs is 4. The molecule has 2 saturated carbocycles. The predicted molar refractivity (Wildman–Crippen MR) is 213 cm³/mol. The van der Waals surface area contributed by atoms with E-state index in [0.717, 1.165) is 38.5 Å². The molecule has 10 fully saturated rings. The minimum atomic E-state index is -0.970. The molecule has 0 aromatic heterocycles. The number of rotatable bonds is 16. The van der Waals surface area contributed by atoms with Gasteiger partial charge in [0.1, 0.15) is 32.8 Å². The largest absolute Gasteiger partial charge is 0.462 e. The van der Waals surface area contributed by atoms with Crippen molar-refractivity contribution in [3.05, 3.63) is 0 Å². The van der Waals surface area contributed by atoms with E-state index in [1.165, 1.54) is 0 Å². The first-order valence-electron chi connectivity index (χ1n) is 23.4.